The van der Waals surface area contributed by atoms with Gasteiger partial charge in [-0.3, -0.25) is 9.59 Å². The van der Waals surface area contributed by atoms with Gasteiger partial charge >= 0.3 is 0 Å². The number of carbonyl (C=O) groups excluding carboxylic acids is 2. The maximum absolute atomic E-state index is 12.3. The van der Waals surface area contributed by atoms with Gasteiger partial charge in [-0.05, 0) is 42.2 Å². The van der Waals surface area contributed by atoms with E-state index in [0.29, 0.717) is 23.7 Å². The van der Waals surface area contributed by atoms with E-state index < -0.39 is 0 Å². The number of benzene rings is 2. The molecule has 4 heteroatoms. The van der Waals surface area contributed by atoms with Crippen molar-refractivity contribution in [1.29, 1.82) is 0 Å². The van der Waals surface area contributed by atoms with Crippen LogP contribution in [0.5, 0.6) is 5.75 Å². The van der Waals surface area contributed by atoms with Crippen molar-refractivity contribution in [1.82, 2.24) is 5.32 Å². The highest BCUT2D eigenvalue weighted by Crippen LogP contribution is 2.21. The summed E-state index contributed by atoms with van der Waals surface area (Å²) in [6, 6.07) is 16.8. The minimum atomic E-state index is -0.159. The average Bonchev–Trinajstić information content (AvgIpc) is 2.66. The highest BCUT2D eigenvalue weighted by molar-refractivity contribution is 5.95. The third kappa shape index (κ3) is 6.03. The Hall–Kier alpha value is -2.62. The third-order valence-electron chi connectivity index (χ3n) is 4.11. The minimum Gasteiger partial charge on any atom is -0.484 e. The van der Waals surface area contributed by atoms with Gasteiger partial charge in [-0.25, -0.2) is 0 Å². The molecule has 138 valence electrons. The standard InChI is InChI=1S/C22H27NO3/c1-4-21(24)18-10-12-19(13-11-18)26-15-22(25)23-20(14-16(2)3)17-8-6-5-7-9-17/h5-13,16,20H,4,14-15H2,1-3H3,(H,23,25)/t20-/m1/s1. The van der Waals surface area contributed by atoms with Gasteiger partial charge < -0.3 is 10.1 Å². The molecule has 0 aliphatic carbocycles. The van der Waals surface area contributed by atoms with Crippen molar-refractivity contribution in [2.24, 2.45) is 5.92 Å². The van der Waals surface area contributed by atoms with Crippen LogP contribution in [0, 0.1) is 5.92 Å². The molecule has 0 heterocycles. The Bertz CT molecular complexity index is 708. The summed E-state index contributed by atoms with van der Waals surface area (Å²) in [5.41, 5.74) is 1.75. The molecule has 0 unspecified atom stereocenters. The van der Waals surface area contributed by atoms with Crippen LogP contribution in [0.15, 0.2) is 54.6 Å². The van der Waals surface area contributed by atoms with E-state index in [4.69, 9.17) is 4.74 Å². The van der Waals surface area contributed by atoms with Gasteiger partial charge in [0.05, 0.1) is 6.04 Å². The Morgan fingerprint density at radius 3 is 2.23 bits per heavy atom. The molecule has 4 nitrogen and oxygen atoms in total. The van der Waals surface area contributed by atoms with Gasteiger partial charge in [-0.15, -0.1) is 0 Å². The van der Waals surface area contributed by atoms with E-state index in [1.54, 1.807) is 24.3 Å². The summed E-state index contributed by atoms with van der Waals surface area (Å²) in [6.07, 6.45) is 1.34. The normalized spacial score (nSPS) is 11.8. The van der Waals surface area contributed by atoms with E-state index in [9.17, 15) is 9.59 Å². The fourth-order valence-corrected chi connectivity index (χ4v) is 2.76. The largest absolute Gasteiger partial charge is 0.484 e. The molecular weight excluding hydrogens is 326 g/mol. The van der Waals surface area contributed by atoms with Crippen LogP contribution in [0.1, 0.15) is 55.6 Å². The molecule has 0 aliphatic rings. The zero-order chi connectivity index (χ0) is 18.9. The van der Waals surface area contributed by atoms with Crippen LogP contribution in [-0.2, 0) is 4.79 Å². The highest BCUT2D eigenvalue weighted by atomic mass is 16.5. The number of amides is 1. The van der Waals surface area contributed by atoms with Crippen LogP contribution in [0.3, 0.4) is 0 Å². The fourth-order valence-electron chi connectivity index (χ4n) is 2.76. The van der Waals surface area contributed by atoms with E-state index in [2.05, 4.69) is 19.2 Å². The molecule has 1 N–H and O–H groups in total. The quantitative estimate of drug-likeness (QED) is 0.672. The van der Waals surface area contributed by atoms with E-state index in [1.807, 2.05) is 37.3 Å². The van der Waals surface area contributed by atoms with Crippen molar-refractivity contribution in [3.63, 3.8) is 0 Å². The molecule has 1 amide bonds. The van der Waals surface area contributed by atoms with E-state index in [1.165, 1.54) is 0 Å². The molecule has 2 aromatic carbocycles. The highest BCUT2D eigenvalue weighted by Gasteiger charge is 2.16. The third-order valence-corrected chi connectivity index (χ3v) is 4.11. The predicted octanol–water partition coefficient (Wildman–Crippen LogP) is 4.56. The molecule has 0 bridgehead atoms. The van der Waals surface area contributed by atoms with E-state index in [0.717, 1.165) is 12.0 Å². The maximum Gasteiger partial charge on any atom is 0.258 e. The predicted molar refractivity (Wildman–Crippen MR) is 103 cm³/mol. The second-order valence-corrected chi connectivity index (χ2v) is 6.75. The Morgan fingerprint density at radius 2 is 1.65 bits per heavy atom. The molecule has 2 rings (SSSR count). The van der Waals surface area contributed by atoms with Crippen LogP contribution < -0.4 is 10.1 Å². The first-order valence-corrected chi connectivity index (χ1v) is 9.10. The first-order chi connectivity index (χ1) is 12.5. The number of carbonyl (C=O) groups is 2. The molecule has 0 spiro atoms. The Balaban J connectivity index is 1.92. The zero-order valence-electron chi connectivity index (χ0n) is 15.7. The number of Topliss-reactive ketones (excluding diaryl/α,β-unsaturated/α-hetero) is 1. The Morgan fingerprint density at radius 1 is 1.00 bits per heavy atom. The average molecular weight is 353 g/mol. The van der Waals surface area contributed by atoms with Crippen LogP contribution in [0.2, 0.25) is 0 Å². The smallest absolute Gasteiger partial charge is 0.258 e. The van der Waals surface area contributed by atoms with Gasteiger partial charge in [0.2, 0.25) is 0 Å². The van der Waals surface area contributed by atoms with Crippen molar-refractivity contribution < 1.29 is 14.3 Å². The maximum atomic E-state index is 12.3. The second-order valence-electron chi connectivity index (χ2n) is 6.75. The first-order valence-electron chi connectivity index (χ1n) is 9.10. The summed E-state index contributed by atoms with van der Waals surface area (Å²) >= 11 is 0. The fraction of sp³-hybridized carbons (Fsp3) is 0.364. The Kier molecular flexibility index (Phi) is 7.39. The summed E-state index contributed by atoms with van der Waals surface area (Å²) in [5, 5.41) is 3.06. The minimum absolute atomic E-state index is 0.0307. The topological polar surface area (TPSA) is 55.4 Å². The molecule has 0 aliphatic heterocycles. The molecule has 0 fully saturated rings. The van der Waals surface area contributed by atoms with Crippen molar-refractivity contribution in [3.8, 4) is 5.75 Å². The number of hydrogen-bond acceptors (Lipinski definition) is 3. The number of nitrogens with one attached hydrogen (secondary N) is 1. The molecule has 26 heavy (non-hydrogen) atoms. The Labute approximate surface area is 155 Å². The van der Waals surface area contributed by atoms with Crippen molar-refractivity contribution in [3.05, 3.63) is 65.7 Å². The number of ether oxygens (including phenoxy) is 1. The lowest BCUT2D eigenvalue weighted by molar-refractivity contribution is -0.124. The van der Waals surface area contributed by atoms with E-state index >= 15 is 0 Å². The zero-order valence-corrected chi connectivity index (χ0v) is 15.7. The van der Waals surface area contributed by atoms with Gasteiger partial charge in [0.15, 0.2) is 12.4 Å². The monoisotopic (exact) mass is 353 g/mol. The summed E-state index contributed by atoms with van der Waals surface area (Å²) in [4.78, 5) is 23.9. The van der Waals surface area contributed by atoms with Gasteiger partial charge in [0, 0.05) is 12.0 Å². The molecule has 2 aromatic rings. The summed E-state index contributed by atoms with van der Waals surface area (Å²) in [7, 11) is 0. The lowest BCUT2D eigenvalue weighted by atomic mass is 9.97. The van der Waals surface area contributed by atoms with Gasteiger partial charge in [-0.2, -0.15) is 0 Å². The van der Waals surface area contributed by atoms with E-state index in [-0.39, 0.29) is 24.3 Å². The summed E-state index contributed by atoms with van der Waals surface area (Å²) in [6.45, 7) is 6.05. The molecule has 0 saturated heterocycles. The van der Waals surface area contributed by atoms with Gasteiger partial charge in [-0.1, -0.05) is 51.1 Å². The van der Waals surface area contributed by atoms with Crippen LogP contribution in [0.25, 0.3) is 0 Å². The first kappa shape index (κ1) is 19.7. The van der Waals surface area contributed by atoms with Gasteiger partial charge in [0.25, 0.3) is 5.91 Å². The van der Waals surface area contributed by atoms with Crippen molar-refractivity contribution in [2.45, 2.75) is 39.7 Å². The SMILES string of the molecule is CCC(=O)c1ccc(OCC(=O)N[C@H](CC(C)C)c2ccccc2)cc1. The summed E-state index contributed by atoms with van der Waals surface area (Å²) in [5.74, 6) is 0.972. The number of hydrogen-bond donors (Lipinski definition) is 1. The summed E-state index contributed by atoms with van der Waals surface area (Å²) < 4.78 is 5.55. The van der Waals surface area contributed by atoms with Crippen molar-refractivity contribution >= 4 is 11.7 Å². The van der Waals surface area contributed by atoms with Crippen molar-refractivity contribution in [2.75, 3.05) is 6.61 Å². The lowest BCUT2D eigenvalue weighted by Crippen LogP contribution is -2.33. The van der Waals surface area contributed by atoms with Crippen LogP contribution in [0.4, 0.5) is 0 Å². The molecule has 0 saturated carbocycles. The molecule has 0 aromatic heterocycles. The number of rotatable bonds is 9. The number of ketones is 1. The van der Waals surface area contributed by atoms with Gasteiger partial charge in [0.1, 0.15) is 5.75 Å². The molecule has 1 atom stereocenters. The lowest BCUT2D eigenvalue weighted by Gasteiger charge is -2.21. The molecular formula is C22H27NO3. The second kappa shape index (κ2) is 9.76. The van der Waals surface area contributed by atoms with Crippen LogP contribution in [-0.4, -0.2) is 18.3 Å². The molecule has 0 radical (unpaired) electrons. The van der Waals surface area contributed by atoms with Crippen LogP contribution >= 0.6 is 0 Å².